The molecular weight excluding hydrogens is 280 g/mol. The standard InChI is InChI=1S/C17H16N2O3/c1-3-16(20)18-11-8-9-13-15(10-11)22-17(19-13)12-6-4-5-7-14(12)21-2/h4-10H,3H2,1-2H3,(H,18,20). The maximum Gasteiger partial charge on any atom is 0.231 e. The van der Waals surface area contributed by atoms with Gasteiger partial charge in [-0.25, -0.2) is 4.98 Å². The first-order valence-corrected chi connectivity index (χ1v) is 7.05. The molecule has 0 aliphatic rings. The van der Waals surface area contributed by atoms with Gasteiger partial charge in [0.05, 0.1) is 12.7 Å². The molecule has 112 valence electrons. The van der Waals surface area contributed by atoms with E-state index in [2.05, 4.69) is 10.3 Å². The molecule has 0 saturated heterocycles. The predicted octanol–water partition coefficient (Wildman–Crippen LogP) is 3.85. The maximum absolute atomic E-state index is 11.5. The normalized spacial score (nSPS) is 10.6. The summed E-state index contributed by atoms with van der Waals surface area (Å²) in [7, 11) is 1.61. The van der Waals surface area contributed by atoms with Crippen LogP contribution in [-0.2, 0) is 4.79 Å². The molecule has 3 aromatic rings. The number of amides is 1. The summed E-state index contributed by atoms with van der Waals surface area (Å²) in [6, 6.07) is 13.0. The van der Waals surface area contributed by atoms with Gasteiger partial charge in [-0.2, -0.15) is 0 Å². The molecule has 2 aromatic carbocycles. The molecular formula is C17H16N2O3. The average Bonchev–Trinajstić information content (AvgIpc) is 2.97. The first kappa shape index (κ1) is 14.1. The molecule has 1 amide bonds. The third kappa shape index (κ3) is 2.65. The second kappa shape index (κ2) is 5.89. The van der Waals surface area contributed by atoms with Crippen molar-refractivity contribution in [2.75, 3.05) is 12.4 Å². The van der Waals surface area contributed by atoms with Crippen molar-refractivity contribution in [2.24, 2.45) is 0 Å². The highest BCUT2D eigenvalue weighted by Crippen LogP contribution is 2.32. The Balaban J connectivity index is 2.01. The fourth-order valence-corrected chi connectivity index (χ4v) is 2.19. The summed E-state index contributed by atoms with van der Waals surface area (Å²) in [6.45, 7) is 1.81. The number of benzene rings is 2. The van der Waals surface area contributed by atoms with Crippen LogP contribution in [0.3, 0.4) is 0 Å². The van der Waals surface area contributed by atoms with Crippen LogP contribution in [-0.4, -0.2) is 18.0 Å². The van der Waals surface area contributed by atoms with Crippen molar-refractivity contribution in [1.29, 1.82) is 0 Å². The zero-order valence-electron chi connectivity index (χ0n) is 12.4. The van der Waals surface area contributed by atoms with E-state index < -0.39 is 0 Å². The van der Waals surface area contributed by atoms with Crippen molar-refractivity contribution in [3.05, 3.63) is 42.5 Å². The molecule has 5 heteroatoms. The Kier molecular flexibility index (Phi) is 3.78. The van der Waals surface area contributed by atoms with Crippen LogP contribution in [0.2, 0.25) is 0 Å². The lowest BCUT2D eigenvalue weighted by molar-refractivity contribution is -0.115. The molecule has 0 radical (unpaired) electrons. The van der Waals surface area contributed by atoms with E-state index in [0.29, 0.717) is 29.3 Å². The fraction of sp³-hybridized carbons (Fsp3) is 0.176. The van der Waals surface area contributed by atoms with Crippen molar-refractivity contribution >= 4 is 22.7 Å². The van der Waals surface area contributed by atoms with E-state index in [1.54, 1.807) is 13.2 Å². The van der Waals surface area contributed by atoms with E-state index in [0.717, 1.165) is 11.1 Å². The maximum atomic E-state index is 11.5. The molecule has 0 bridgehead atoms. The highest BCUT2D eigenvalue weighted by atomic mass is 16.5. The third-order valence-electron chi connectivity index (χ3n) is 3.33. The Morgan fingerprint density at radius 2 is 2.09 bits per heavy atom. The SMILES string of the molecule is CCC(=O)Nc1ccc2nc(-c3ccccc3OC)oc2c1. The lowest BCUT2D eigenvalue weighted by Crippen LogP contribution is -2.08. The molecule has 3 rings (SSSR count). The fourth-order valence-electron chi connectivity index (χ4n) is 2.19. The third-order valence-corrected chi connectivity index (χ3v) is 3.33. The molecule has 0 spiro atoms. The van der Waals surface area contributed by atoms with Gasteiger partial charge in [-0.1, -0.05) is 19.1 Å². The average molecular weight is 296 g/mol. The first-order valence-electron chi connectivity index (χ1n) is 7.05. The van der Waals surface area contributed by atoms with E-state index in [1.165, 1.54) is 0 Å². The van der Waals surface area contributed by atoms with Crippen LogP contribution in [0.5, 0.6) is 5.75 Å². The summed E-state index contributed by atoms with van der Waals surface area (Å²) in [4.78, 5) is 15.9. The highest BCUT2D eigenvalue weighted by molar-refractivity contribution is 5.92. The lowest BCUT2D eigenvalue weighted by atomic mass is 10.2. The van der Waals surface area contributed by atoms with Gasteiger partial charge in [0.15, 0.2) is 5.58 Å². The van der Waals surface area contributed by atoms with Gasteiger partial charge in [0.25, 0.3) is 0 Å². The second-order valence-electron chi connectivity index (χ2n) is 4.80. The number of hydrogen-bond acceptors (Lipinski definition) is 4. The van der Waals surface area contributed by atoms with Gasteiger partial charge in [0, 0.05) is 18.2 Å². The molecule has 5 nitrogen and oxygen atoms in total. The number of ether oxygens (including phenoxy) is 1. The molecule has 0 fully saturated rings. The van der Waals surface area contributed by atoms with Crippen LogP contribution in [0.1, 0.15) is 13.3 Å². The number of aromatic nitrogens is 1. The molecule has 1 aromatic heterocycles. The number of methoxy groups -OCH3 is 1. The number of fused-ring (bicyclic) bond motifs is 1. The molecule has 0 unspecified atom stereocenters. The zero-order chi connectivity index (χ0) is 15.5. The molecule has 0 atom stereocenters. The first-order chi connectivity index (χ1) is 10.7. The van der Waals surface area contributed by atoms with Crippen molar-refractivity contribution < 1.29 is 13.9 Å². The number of rotatable bonds is 4. The van der Waals surface area contributed by atoms with Crippen molar-refractivity contribution in [3.8, 4) is 17.2 Å². The number of nitrogens with one attached hydrogen (secondary N) is 1. The monoisotopic (exact) mass is 296 g/mol. The zero-order valence-corrected chi connectivity index (χ0v) is 12.4. The van der Waals surface area contributed by atoms with Gasteiger partial charge in [-0.3, -0.25) is 4.79 Å². The van der Waals surface area contributed by atoms with Crippen LogP contribution in [0.15, 0.2) is 46.9 Å². The van der Waals surface area contributed by atoms with Gasteiger partial charge in [0.2, 0.25) is 11.8 Å². The van der Waals surface area contributed by atoms with Gasteiger partial charge < -0.3 is 14.5 Å². The Morgan fingerprint density at radius 1 is 1.27 bits per heavy atom. The van der Waals surface area contributed by atoms with Crippen LogP contribution >= 0.6 is 0 Å². The minimum absolute atomic E-state index is 0.0381. The summed E-state index contributed by atoms with van der Waals surface area (Å²) in [5.74, 6) is 1.16. The van der Waals surface area contributed by atoms with Gasteiger partial charge in [-0.05, 0) is 24.3 Å². The van der Waals surface area contributed by atoms with E-state index in [9.17, 15) is 4.79 Å². The topological polar surface area (TPSA) is 64.4 Å². The quantitative estimate of drug-likeness (QED) is 0.794. The summed E-state index contributed by atoms with van der Waals surface area (Å²) in [5.41, 5.74) is 2.84. The van der Waals surface area contributed by atoms with Gasteiger partial charge in [0.1, 0.15) is 11.3 Å². The lowest BCUT2D eigenvalue weighted by Gasteiger charge is -2.03. The van der Waals surface area contributed by atoms with Gasteiger partial charge in [-0.15, -0.1) is 0 Å². The highest BCUT2D eigenvalue weighted by Gasteiger charge is 2.13. The summed E-state index contributed by atoms with van der Waals surface area (Å²) < 4.78 is 11.1. The van der Waals surface area contributed by atoms with Crippen molar-refractivity contribution in [2.45, 2.75) is 13.3 Å². The van der Waals surface area contributed by atoms with Crippen LogP contribution in [0.25, 0.3) is 22.6 Å². The van der Waals surface area contributed by atoms with Crippen LogP contribution in [0, 0.1) is 0 Å². The van der Waals surface area contributed by atoms with Crippen LogP contribution < -0.4 is 10.1 Å². The van der Waals surface area contributed by atoms with Gasteiger partial charge >= 0.3 is 0 Å². The number of oxazole rings is 1. The van der Waals surface area contributed by atoms with Crippen molar-refractivity contribution in [1.82, 2.24) is 4.98 Å². The van der Waals surface area contributed by atoms with E-state index in [4.69, 9.17) is 9.15 Å². The Labute approximate surface area is 127 Å². The second-order valence-corrected chi connectivity index (χ2v) is 4.80. The molecule has 0 aliphatic carbocycles. The Bertz CT molecular complexity index is 824. The molecule has 22 heavy (non-hydrogen) atoms. The number of anilines is 1. The van der Waals surface area contributed by atoms with E-state index in [1.807, 2.05) is 43.3 Å². The van der Waals surface area contributed by atoms with E-state index in [-0.39, 0.29) is 5.91 Å². The minimum Gasteiger partial charge on any atom is -0.496 e. The Hall–Kier alpha value is -2.82. The smallest absolute Gasteiger partial charge is 0.231 e. The number of para-hydroxylation sites is 1. The molecule has 0 saturated carbocycles. The van der Waals surface area contributed by atoms with Crippen molar-refractivity contribution in [3.63, 3.8) is 0 Å². The molecule has 1 heterocycles. The van der Waals surface area contributed by atoms with Crippen LogP contribution in [0.4, 0.5) is 5.69 Å². The number of carbonyl (C=O) groups is 1. The molecule has 1 N–H and O–H groups in total. The molecule has 0 aliphatic heterocycles. The predicted molar refractivity (Wildman–Crippen MR) is 84.9 cm³/mol. The summed E-state index contributed by atoms with van der Waals surface area (Å²) >= 11 is 0. The number of nitrogens with zero attached hydrogens (tertiary/aromatic N) is 1. The largest absolute Gasteiger partial charge is 0.496 e. The summed E-state index contributed by atoms with van der Waals surface area (Å²) in [6.07, 6.45) is 0.431. The summed E-state index contributed by atoms with van der Waals surface area (Å²) in [5, 5.41) is 2.80. The minimum atomic E-state index is -0.0381. The van der Waals surface area contributed by atoms with E-state index >= 15 is 0 Å². The number of hydrogen-bond donors (Lipinski definition) is 1. The Morgan fingerprint density at radius 3 is 2.86 bits per heavy atom. The number of carbonyl (C=O) groups excluding carboxylic acids is 1.